The SMILES string of the molecule is O=C(NO)C1Cc2nccnc2CN1S(=O)(=O)c1ccc(O)cc1. The van der Waals surface area contributed by atoms with Crippen LogP contribution < -0.4 is 5.48 Å². The molecular formula is C14H14N4O5S. The number of aromatic hydroxyl groups is 1. The summed E-state index contributed by atoms with van der Waals surface area (Å²) in [7, 11) is -4.04. The summed E-state index contributed by atoms with van der Waals surface area (Å²) in [6.07, 6.45) is 2.89. The van der Waals surface area contributed by atoms with Gasteiger partial charge in [0.05, 0.1) is 22.8 Å². The highest BCUT2D eigenvalue weighted by Gasteiger charge is 2.40. The zero-order valence-corrected chi connectivity index (χ0v) is 13.1. The number of rotatable bonds is 3. The zero-order valence-electron chi connectivity index (χ0n) is 12.3. The number of carbonyl (C=O) groups excluding carboxylic acids is 1. The monoisotopic (exact) mass is 350 g/mol. The van der Waals surface area contributed by atoms with Crippen molar-refractivity contribution in [2.75, 3.05) is 0 Å². The molecule has 1 aliphatic heterocycles. The average Bonchev–Trinajstić information content (AvgIpc) is 2.60. The highest BCUT2D eigenvalue weighted by atomic mass is 32.2. The molecule has 0 radical (unpaired) electrons. The Hall–Kier alpha value is -2.56. The summed E-state index contributed by atoms with van der Waals surface area (Å²) in [4.78, 5) is 20.1. The van der Waals surface area contributed by atoms with E-state index in [0.29, 0.717) is 11.4 Å². The van der Waals surface area contributed by atoms with Crippen LogP contribution in [-0.2, 0) is 27.8 Å². The van der Waals surface area contributed by atoms with Crippen molar-refractivity contribution in [3.63, 3.8) is 0 Å². The number of nitrogens with one attached hydrogen (secondary N) is 1. The van der Waals surface area contributed by atoms with E-state index in [1.54, 1.807) is 0 Å². The third kappa shape index (κ3) is 2.82. The van der Waals surface area contributed by atoms with Crippen LogP contribution in [0, 0.1) is 0 Å². The number of hydroxylamine groups is 1. The van der Waals surface area contributed by atoms with Crippen molar-refractivity contribution in [1.29, 1.82) is 0 Å². The van der Waals surface area contributed by atoms with Crippen LogP contribution in [-0.4, -0.2) is 45.0 Å². The summed E-state index contributed by atoms with van der Waals surface area (Å²) >= 11 is 0. The molecule has 0 saturated heterocycles. The molecule has 0 saturated carbocycles. The number of carbonyl (C=O) groups is 1. The molecule has 1 aliphatic rings. The molecule has 126 valence electrons. The van der Waals surface area contributed by atoms with E-state index in [1.807, 2.05) is 0 Å². The van der Waals surface area contributed by atoms with Gasteiger partial charge >= 0.3 is 0 Å². The summed E-state index contributed by atoms with van der Waals surface area (Å²) in [5, 5.41) is 18.3. The van der Waals surface area contributed by atoms with E-state index in [4.69, 9.17) is 5.21 Å². The van der Waals surface area contributed by atoms with E-state index in [1.165, 1.54) is 42.1 Å². The number of fused-ring (bicyclic) bond motifs is 1. The number of sulfonamides is 1. The zero-order chi connectivity index (χ0) is 17.3. The van der Waals surface area contributed by atoms with Gasteiger partial charge in [0, 0.05) is 18.8 Å². The Kier molecular flexibility index (Phi) is 4.18. The smallest absolute Gasteiger partial charge is 0.262 e. The summed E-state index contributed by atoms with van der Waals surface area (Å²) in [5.41, 5.74) is 2.44. The van der Waals surface area contributed by atoms with Crippen LogP contribution in [0.3, 0.4) is 0 Å². The molecule has 3 N–H and O–H groups in total. The molecule has 1 amide bonds. The van der Waals surface area contributed by atoms with Gasteiger partial charge in [-0.3, -0.25) is 20.0 Å². The minimum atomic E-state index is -4.04. The van der Waals surface area contributed by atoms with Crippen LogP contribution in [0.1, 0.15) is 11.4 Å². The van der Waals surface area contributed by atoms with Crippen molar-refractivity contribution in [2.45, 2.75) is 23.9 Å². The first-order chi connectivity index (χ1) is 11.4. The summed E-state index contributed by atoms with van der Waals surface area (Å²) in [6, 6.07) is 3.81. The van der Waals surface area contributed by atoms with Gasteiger partial charge in [-0.1, -0.05) is 0 Å². The molecule has 2 aromatic rings. The Labute approximate surface area is 137 Å². The third-order valence-corrected chi connectivity index (χ3v) is 5.63. The maximum atomic E-state index is 12.9. The van der Waals surface area contributed by atoms with E-state index in [0.717, 1.165) is 4.31 Å². The van der Waals surface area contributed by atoms with Crippen molar-refractivity contribution in [3.8, 4) is 5.75 Å². The number of hydrogen-bond acceptors (Lipinski definition) is 7. The van der Waals surface area contributed by atoms with Gasteiger partial charge < -0.3 is 5.11 Å². The number of phenolic OH excluding ortho intramolecular Hbond substituents is 1. The van der Waals surface area contributed by atoms with E-state index in [-0.39, 0.29) is 23.6 Å². The van der Waals surface area contributed by atoms with Crippen LogP contribution in [0.15, 0.2) is 41.6 Å². The van der Waals surface area contributed by atoms with E-state index in [9.17, 15) is 18.3 Å². The minimum absolute atomic E-state index is 0.00706. The van der Waals surface area contributed by atoms with Gasteiger partial charge in [0.1, 0.15) is 11.8 Å². The van der Waals surface area contributed by atoms with Gasteiger partial charge in [0.2, 0.25) is 10.0 Å². The second-order valence-electron chi connectivity index (χ2n) is 5.19. The van der Waals surface area contributed by atoms with Crippen molar-refractivity contribution in [2.24, 2.45) is 0 Å². The number of benzene rings is 1. The van der Waals surface area contributed by atoms with Crippen LogP contribution >= 0.6 is 0 Å². The Morgan fingerprint density at radius 1 is 1.17 bits per heavy atom. The van der Waals surface area contributed by atoms with Crippen LogP contribution in [0.25, 0.3) is 0 Å². The number of nitrogens with zero attached hydrogens (tertiary/aromatic N) is 3. The van der Waals surface area contributed by atoms with Gasteiger partial charge in [-0.2, -0.15) is 4.31 Å². The predicted octanol–water partition coefficient (Wildman–Crippen LogP) is -0.197. The molecule has 1 atom stereocenters. The van der Waals surface area contributed by atoms with Gasteiger partial charge in [0.15, 0.2) is 0 Å². The highest BCUT2D eigenvalue weighted by Crippen LogP contribution is 2.28. The quantitative estimate of drug-likeness (QED) is 0.516. The molecule has 24 heavy (non-hydrogen) atoms. The first kappa shape index (κ1) is 16.3. The lowest BCUT2D eigenvalue weighted by Gasteiger charge is -2.33. The lowest BCUT2D eigenvalue weighted by molar-refractivity contribution is -0.133. The van der Waals surface area contributed by atoms with Crippen LogP contribution in [0.2, 0.25) is 0 Å². The second kappa shape index (κ2) is 6.15. The summed E-state index contributed by atoms with van der Waals surface area (Å²) < 4.78 is 26.7. The number of phenols is 1. The topological polar surface area (TPSA) is 133 Å². The third-order valence-electron chi connectivity index (χ3n) is 3.76. The normalized spacial score (nSPS) is 18.0. The lowest BCUT2D eigenvalue weighted by atomic mass is 10.0. The molecule has 0 spiro atoms. The average molecular weight is 350 g/mol. The molecule has 2 heterocycles. The maximum Gasteiger partial charge on any atom is 0.262 e. The number of amides is 1. The highest BCUT2D eigenvalue weighted by molar-refractivity contribution is 7.89. The standard InChI is InChI=1S/C14H14N4O5S/c19-9-1-3-10(4-2-9)24(22,23)18-8-12-11(15-5-6-16-12)7-13(18)14(20)17-21/h1-6,13,19,21H,7-8H2,(H,17,20). The maximum absolute atomic E-state index is 12.9. The van der Waals surface area contributed by atoms with E-state index in [2.05, 4.69) is 9.97 Å². The Bertz CT molecular complexity index is 869. The fourth-order valence-corrected chi connectivity index (χ4v) is 4.09. The van der Waals surface area contributed by atoms with Gasteiger partial charge in [-0.25, -0.2) is 13.9 Å². The fourth-order valence-electron chi connectivity index (χ4n) is 2.54. The Morgan fingerprint density at radius 2 is 1.79 bits per heavy atom. The van der Waals surface area contributed by atoms with Crippen molar-refractivity contribution < 1.29 is 23.5 Å². The molecule has 1 aromatic heterocycles. The Morgan fingerprint density at radius 3 is 2.42 bits per heavy atom. The second-order valence-corrected chi connectivity index (χ2v) is 7.08. The summed E-state index contributed by atoms with van der Waals surface area (Å²) in [5.74, 6) is -0.929. The van der Waals surface area contributed by atoms with Crippen molar-refractivity contribution in [3.05, 3.63) is 48.0 Å². The molecule has 0 aliphatic carbocycles. The molecule has 9 nitrogen and oxygen atoms in total. The van der Waals surface area contributed by atoms with Gasteiger partial charge in [0.25, 0.3) is 5.91 Å². The molecule has 3 rings (SSSR count). The number of hydrogen-bond donors (Lipinski definition) is 3. The van der Waals surface area contributed by atoms with Crippen molar-refractivity contribution >= 4 is 15.9 Å². The van der Waals surface area contributed by atoms with Crippen LogP contribution in [0.4, 0.5) is 0 Å². The van der Waals surface area contributed by atoms with E-state index < -0.39 is 22.0 Å². The molecule has 1 unspecified atom stereocenters. The van der Waals surface area contributed by atoms with Crippen LogP contribution in [0.5, 0.6) is 5.75 Å². The van der Waals surface area contributed by atoms with Crippen molar-refractivity contribution in [1.82, 2.24) is 19.8 Å². The van der Waals surface area contributed by atoms with E-state index >= 15 is 0 Å². The molecule has 0 bridgehead atoms. The molecule has 10 heteroatoms. The first-order valence-electron chi connectivity index (χ1n) is 6.97. The largest absolute Gasteiger partial charge is 0.508 e. The minimum Gasteiger partial charge on any atom is -0.508 e. The number of aromatic nitrogens is 2. The predicted molar refractivity (Wildman–Crippen MR) is 80.3 cm³/mol. The first-order valence-corrected chi connectivity index (χ1v) is 8.41. The summed E-state index contributed by atoms with van der Waals surface area (Å²) in [6.45, 7) is -0.148. The Balaban J connectivity index is 2.05. The molecule has 0 fully saturated rings. The lowest BCUT2D eigenvalue weighted by Crippen LogP contribution is -2.52. The molecular weight excluding hydrogens is 336 g/mol. The van der Waals surface area contributed by atoms with Gasteiger partial charge in [-0.05, 0) is 24.3 Å². The van der Waals surface area contributed by atoms with Gasteiger partial charge in [-0.15, -0.1) is 0 Å². The molecule has 1 aromatic carbocycles. The fraction of sp³-hybridized carbons (Fsp3) is 0.214.